The first kappa shape index (κ1) is 14.1. The summed E-state index contributed by atoms with van der Waals surface area (Å²) >= 11 is 0. The van der Waals surface area contributed by atoms with Crippen LogP contribution < -0.4 is 9.64 Å². The summed E-state index contributed by atoms with van der Waals surface area (Å²) in [6, 6.07) is 7.64. The fraction of sp³-hybridized carbons (Fsp3) is 0.188. The van der Waals surface area contributed by atoms with E-state index in [1.807, 2.05) is 36.2 Å². The molecule has 0 aromatic heterocycles. The number of amides is 1. The largest absolute Gasteiger partial charge is 0.439 e. The molecule has 2 aliphatic rings. The molecule has 0 bridgehead atoms. The summed E-state index contributed by atoms with van der Waals surface area (Å²) in [7, 11) is 3.39. The van der Waals surface area contributed by atoms with E-state index in [4.69, 9.17) is 4.74 Å². The second kappa shape index (κ2) is 5.14. The summed E-state index contributed by atoms with van der Waals surface area (Å²) in [6.45, 7) is 1.39. The Bertz CT molecular complexity index is 762. The molecule has 0 N–H and O–H groups in total. The molecule has 0 spiro atoms. The normalized spacial score (nSPS) is 20.5. The van der Waals surface area contributed by atoms with Crippen molar-refractivity contribution in [3.05, 3.63) is 47.9 Å². The van der Waals surface area contributed by atoms with Crippen molar-refractivity contribution in [3.8, 4) is 5.75 Å². The second-order valence-corrected chi connectivity index (χ2v) is 5.05. The number of nitrogens with zero attached hydrogens (tertiary/aromatic N) is 3. The van der Waals surface area contributed by atoms with Gasteiger partial charge in [-0.05, 0) is 24.3 Å². The first-order valence-corrected chi connectivity index (χ1v) is 6.79. The Labute approximate surface area is 128 Å². The highest BCUT2D eigenvalue weighted by Crippen LogP contribution is 2.37. The van der Waals surface area contributed by atoms with Gasteiger partial charge >= 0.3 is 0 Å². The minimum Gasteiger partial charge on any atom is -0.439 e. The molecule has 0 unspecified atom stereocenters. The Hall–Kier alpha value is -2.89. The topological polar surface area (TPSA) is 62.2 Å². The number of Topliss-reactive ketones (excluding diaryl/α,β-unsaturated/α-hetero) is 1. The van der Waals surface area contributed by atoms with E-state index >= 15 is 0 Å². The molecule has 3 rings (SSSR count). The Morgan fingerprint density at radius 2 is 1.95 bits per heavy atom. The number of para-hydroxylation sites is 2. The number of carbonyl (C=O) groups excluding carboxylic acids is 2. The third kappa shape index (κ3) is 2.18. The van der Waals surface area contributed by atoms with Gasteiger partial charge in [0, 0.05) is 21.0 Å². The lowest BCUT2D eigenvalue weighted by atomic mass is 10.1. The van der Waals surface area contributed by atoms with Gasteiger partial charge in [0.25, 0.3) is 5.91 Å². The maximum absolute atomic E-state index is 12.0. The Morgan fingerprint density at radius 1 is 1.23 bits per heavy atom. The van der Waals surface area contributed by atoms with Gasteiger partial charge < -0.3 is 9.64 Å². The van der Waals surface area contributed by atoms with Crippen LogP contribution in [0, 0.1) is 0 Å². The molecule has 0 atom stereocenters. The van der Waals surface area contributed by atoms with E-state index in [-0.39, 0.29) is 23.0 Å². The van der Waals surface area contributed by atoms with Crippen LogP contribution in [0.1, 0.15) is 6.92 Å². The van der Waals surface area contributed by atoms with Gasteiger partial charge in [0.1, 0.15) is 5.71 Å². The zero-order chi connectivity index (χ0) is 15.9. The number of likely N-dealkylation sites (N-methyl/N-ethyl adjacent to an activating group) is 1. The standard InChI is InChI=1S/C16H15N3O3/c1-10(20)15-11(16(21)19(3)17-15)8-9-14-18(2)12-6-4-5-7-13(12)22-14/h4-9H,1-3H3/b11-8+,14-9+. The lowest BCUT2D eigenvalue weighted by molar-refractivity contribution is -0.124. The summed E-state index contributed by atoms with van der Waals surface area (Å²) in [4.78, 5) is 25.5. The van der Waals surface area contributed by atoms with Crippen molar-refractivity contribution in [2.45, 2.75) is 6.92 Å². The van der Waals surface area contributed by atoms with Crippen molar-refractivity contribution < 1.29 is 14.3 Å². The van der Waals surface area contributed by atoms with Crippen molar-refractivity contribution in [1.82, 2.24) is 5.01 Å². The van der Waals surface area contributed by atoms with Gasteiger partial charge in [0.15, 0.2) is 17.4 Å². The van der Waals surface area contributed by atoms with Gasteiger partial charge in [0.2, 0.25) is 0 Å². The number of rotatable bonds is 2. The number of hydrogen-bond donors (Lipinski definition) is 0. The van der Waals surface area contributed by atoms with Crippen LogP contribution in [0.5, 0.6) is 5.75 Å². The van der Waals surface area contributed by atoms with Crippen LogP contribution in [0.3, 0.4) is 0 Å². The van der Waals surface area contributed by atoms with Crippen LogP contribution in [-0.2, 0) is 9.59 Å². The van der Waals surface area contributed by atoms with Crippen LogP contribution >= 0.6 is 0 Å². The number of fused-ring (bicyclic) bond motifs is 1. The SMILES string of the molecule is CC(=O)C1=NN(C)C(=O)/C1=C/C=C1/Oc2ccccc2N1C. The molecule has 112 valence electrons. The molecule has 0 saturated heterocycles. The molecule has 6 heteroatoms. The number of carbonyl (C=O) groups is 2. The third-order valence-electron chi connectivity index (χ3n) is 3.53. The fourth-order valence-electron chi connectivity index (χ4n) is 2.36. The molecule has 1 aromatic carbocycles. The molecule has 2 heterocycles. The minimum absolute atomic E-state index is 0.169. The zero-order valence-electron chi connectivity index (χ0n) is 12.5. The van der Waals surface area contributed by atoms with Gasteiger partial charge in [-0.1, -0.05) is 12.1 Å². The van der Waals surface area contributed by atoms with Gasteiger partial charge in [-0.15, -0.1) is 0 Å². The van der Waals surface area contributed by atoms with Crippen molar-refractivity contribution in [3.63, 3.8) is 0 Å². The molecule has 0 radical (unpaired) electrons. The average molecular weight is 297 g/mol. The number of hydrogen-bond acceptors (Lipinski definition) is 5. The maximum Gasteiger partial charge on any atom is 0.276 e. The predicted octanol–water partition coefficient (Wildman–Crippen LogP) is 1.70. The average Bonchev–Trinajstić information content (AvgIpc) is 2.96. The number of benzene rings is 1. The second-order valence-electron chi connectivity index (χ2n) is 5.05. The quantitative estimate of drug-likeness (QED) is 0.780. The molecular formula is C16H15N3O3. The van der Waals surface area contributed by atoms with E-state index in [9.17, 15) is 9.59 Å². The molecule has 0 aliphatic carbocycles. The number of allylic oxidation sites excluding steroid dienone is 2. The minimum atomic E-state index is -0.305. The van der Waals surface area contributed by atoms with Gasteiger partial charge in [-0.3, -0.25) is 9.59 Å². The van der Waals surface area contributed by atoms with Crippen molar-refractivity contribution in [1.29, 1.82) is 0 Å². The molecule has 1 amide bonds. The van der Waals surface area contributed by atoms with E-state index in [1.54, 1.807) is 12.2 Å². The predicted molar refractivity (Wildman–Crippen MR) is 82.5 cm³/mol. The molecular weight excluding hydrogens is 282 g/mol. The Kier molecular flexibility index (Phi) is 3.29. The van der Waals surface area contributed by atoms with Gasteiger partial charge in [0.05, 0.1) is 11.3 Å². The highest BCUT2D eigenvalue weighted by Gasteiger charge is 2.30. The first-order chi connectivity index (χ1) is 10.5. The number of ether oxygens (including phenoxy) is 1. The number of ketones is 1. The molecule has 1 aromatic rings. The van der Waals surface area contributed by atoms with Gasteiger partial charge in [-0.25, -0.2) is 5.01 Å². The summed E-state index contributed by atoms with van der Waals surface area (Å²) in [5, 5.41) is 5.11. The summed E-state index contributed by atoms with van der Waals surface area (Å²) in [5.74, 6) is 0.787. The lowest BCUT2D eigenvalue weighted by Crippen LogP contribution is -2.18. The maximum atomic E-state index is 12.0. The summed E-state index contributed by atoms with van der Waals surface area (Å²) in [6.07, 6.45) is 3.24. The summed E-state index contributed by atoms with van der Waals surface area (Å²) in [5.41, 5.74) is 1.39. The number of hydrazone groups is 1. The smallest absolute Gasteiger partial charge is 0.276 e. The lowest BCUT2D eigenvalue weighted by Gasteiger charge is -2.10. The molecule has 22 heavy (non-hydrogen) atoms. The Morgan fingerprint density at radius 3 is 2.64 bits per heavy atom. The van der Waals surface area contributed by atoms with E-state index in [0.717, 1.165) is 16.4 Å². The monoisotopic (exact) mass is 297 g/mol. The van der Waals surface area contributed by atoms with Crippen molar-refractivity contribution in [2.24, 2.45) is 5.10 Å². The summed E-state index contributed by atoms with van der Waals surface area (Å²) < 4.78 is 5.73. The van der Waals surface area contributed by atoms with Crippen LogP contribution in [0.25, 0.3) is 0 Å². The first-order valence-electron chi connectivity index (χ1n) is 6.79. The van der Waals surface area contributed by atoms with E-state index in [0.29, 0.717) is 5.88 Å². The Balaban J connectivity index is 1.93. The number of anilines is 1. The molecule has 2 aliphatic heterocycles. The molecule has 6 nitrogen and oxygen atoms in total. The highest BCUT2D eigenvalue weighted by molar-refractivity contribution is 6.52. The highest BCUT2D eigenvalue weighted by atomic mass is 16.5. The van der Waals surface area contributed by atoms with Crippen LogP contribution in [0.15, 0.2) is 53.0 Å². The van der Waals surface area contributed by atoms with Crippen LogP contribution in [0.4, 0.5) is 5.69 Å². The van der Waals surface area contributed by atoms with Crippen molar-refractivity contribution in [2.75, 3.05) is 19.0 Å². The van der Waals surface area contributed by atoms with Crippen molar-refractivity contribution >= 4 is 23.1 Å². The van der Waals surface area contributed by atoms with Gasteiger partial charge in [-0.2, -0.15) is 5.10 Å². The zero-order valence-corrected chi connectivity index (χ0v) is 12.5. The van der Waals surface area contributed by atoms with Crippen LogP contribution in [-0.4, -0.2) is 36.5 Å². The molecule has 0 saturated carbocycles. The third-order valence-corrected chi connectivity index (χ3v) is 3.53. The van der Waals surface area contributed by atoms with E-state index in [2.05, 4.69) is 5.10 Å². The molecule has 0 fully saturated rings. The van der Waals surface area contributed by atoms with E-state index < -0.39 is 0 Å². The fourth-order valence-corrected chi connectivity index (χ4v) is 2.36. The van der Waals surface area contributed by atoms with Crippen LogP contribution in [0.2, 0.25) is 0 Å². The van der Waals surface area contributed by atoms with E-state index in [1.165, 1.54) is 14.0 Å².